The molecular formula is C6H15N3O2S. The third-order valence-electron chi connectivity index (χ3n) is 1.97. The van der Waals surface area contributed by atoms with Crippen LogP contribution in [0.15, 0.2) is 0 Å². The van der Waals surface area contributed by atoms with Crippen molar-refractivity contribution in [3.05, 3.63) is 0 Å². The van der Waals surface area contributed by atoms with Gasteiger partial charge in [0.2, 0.25) is 0 Å². The van der Waals surface area contributed by atoms with Gasteiger partial charge in [0.1, 0.15) is 0 Å². The summed E-state index contributed by atoms with van der Waals surface area (Å²) in [5, 5.41) is 7.99. The van der Waals surface area contributed by atoms with E-state index < -0.39 is 10.2 Å². The molecule has 0 aliphatic carbocycles. The summed E-state index contributed by atoms with van der Waals surface area (Å²) in [5.41, 5.74) is 0. The molecule has 0 aromatic rings. The van der Waals surface area contributed by atoms with Gasteiger partial charge < -0.3 is 5.32 Å². The second kappa shape index (κ2) is 4.18. The summed E-state index contributed by atoms with van der Waals surface area (Å²) in [5.74, 6) is 0.386. The largest absolute Gasteiger partial charge is 0.316 e. The zero-order valence-corrected chi connectivity index (χ0v) is 7.73. The molecule has 0 aromatic carbocycles. The van der Waals surface area contributed by atoms with Crippen LogP contribution in [-0.4, -0.2) is 28.1 Å². The maximum Gasteiger partial charge on any atom is 0.274 e. The lowest BCUT2D eigenvalue weighted by atomic mass is 10.0. The Kier molecular flexibility index (Phi) is 3.45. The molecule has 0 aromatic heterocycles. The van der Waals surface area contributed by atoms with E-state index in [4.69, 9.17) is 5.14 Å². The van der Waals surface area contributed by atoms with E-state index in [2.05, 4.69) is 10.0 Å². The molecule has 0 saturated carbocycles. The highest BCUT2D eigenvalue weighted by Crippen LogP contribution is 2.07. The monoisotopic (exact) mass is 193 g/mol. The first-order chi connectivity index (χ1) is 5.58. The van der Waals surface area contributed by atoms with Crippen LogP contribution in [0.5, 0.6) is 0 Å². The van der Waals surface area contributed by atoms with Crippen molar-refractivity contribution in [1.29, 1.82) is 0 Å². The van der Waals surface area contributed by atoms with Crippen LogP contribution in [-0.2, 0) is 10.2 Å². The minimum absolute atomic E-state index is 0.386. The van der Waals surface area contributed by atoms with Gasteiger partial charge in [0.25, 0.3) is 10.2 Å². The molecule has 4 N–H and O–H groups in total. The highest BCUT2D eigenvalue weighted by atomic mass is 32.2. The van der Waals surface area contributed by atoms with Crippen molar-refractivity contribution in [3.8, 4) is 0 Å². The van der Waals surface area contributed by atoms with Gasteiger partial charge in [-0.2, -0.15) is 8.42 Å². The van der Waals surface area contributed by atoms with E-state index in [1.54, 1.807) is 0 Å². The molecule has 0 amide bonds. The minimum atomic E-state index is -3.50. The van der Waals surface area contributed by atoms with Crippen molar-refractivity contribution in [3.63, 3.8) is 0 Å². The fourth-order valence-corrected chi connectivity index (χ4v) is 1.80. The third-order valence-corrected chi connectivity index (χ3v) is 2.54. The molecule has 0 unspecified atom stereocenters. The first-order valence-corrected chi connectivity index (χ1v) is 5.60. The lowest BCUT2D eigenvalue weighted by Gasteiger charge is -2.22. The van der Waals surface area contributed by atoms with Crippen molar-refractivity contribution >= 4 is 10.2 Å². The molecule has 1 aliphatic rings. The smallest absolute Gasteiger partial charge is 0.274 e. The summed E-state index contributed by atoms with van der Waals surface area (Å²) in [4.78, 5) is 0. The average Bonchev–Trinajstić information content (AvgIpc) is 2.02. The fourth-order valence-electron chi connectivity index (χ4n) is 1.33. The van der Waals surface area contributed by atoms with Crippen molar-refractivity contribution in [2.45, 2.75) is 12.8 Å². The SMILES string of the molecule is NS(=O)(=O)NC[C@H]1CCCNC1. The lowest BCUT2D eigenvalue weighted by Crippen LogP contribution is -2.40. The summed E-state index contributed by atoms with van der Waals surface area (Å²) in [6, 6.07) is 0. The van der Waals surface area contributed by atoms with Crippen LogP contribution < -0.4 is 15.2 Å². The molecule has 1 heterocycles. The maximum atomic E-state index is 10.5. The molecule has 1 rings (SSSR count). The second-order valence-corrected chi connectivity index (χ2v) is 4.48. The number of hydrogen-bond donors (Lipinski definition) is 3. The molecule has 1 atom stereocenters. The van der Waals surface area contributed by atoms with E-state index >= 15 is 0 Å². The Bertz CT molecular complexity index is 221. The summed E-state index contributed by atoms with van der Waals surface area (Å²) >= 11 is 0. The Morgan fingerprint density at radius 3 is 2.83 bits per heavy atom. The summed E-state index contributed by atoms with van der Waals surface area (Å²) in [6.45, 7) is 2.36. The Hall–Kier alpha value is -0.170. The van der Waals surface area contributed by atoms with Crippen LogP contribution in [0.1, 0.15) is 12.8 Å². The highest BCUT2D eigenvalue weighted by molar-refractivity contribution is 7.87. The van der Waals surface area contributed by atoms with Crippen LogP contribution in [0.25, 0.3) is 0 Å². The van der Waals surface area contributed by atoms with Crippen LogP contribution in [0.4, 0.5) is 0 Å². The predicted octanol–water partition coefficient (Wildman–Crippen LogP) is -1.22. The lowest BCUT2D eigenvalue weighted by molar-refractivity contribution is 0.376. The summed E-state index contributed by atoms with van der Waals surface area (Å²) in [6.07, 6.45) is 2.17. The molecule has 6 heteroatoms. The van der Waals surface area contributed by atoms with E-state index in [0.717, 1.165) is 25.9 Å². The normalized spacial score (nSPS) is 25.6. The number of nitrogens with two attached hydrogens (primary N) is 1. The fraction of sp³-hybridized carbons (Fsp3) is 1.00. The van der Waals surface area contributed by atoms with Crippen LogP contribution in [0.3, 0.4) is 0 Å². The van der Waals surface area contributed by atoms with Gasteiger partial charge in [0, 0.05) is 6.54 Å². The molecule has 1 aliphatic heterocycles. The number of piperidine rings is 1. The number of rotatable bonds is 3. The average molecular weight is 193 g/mol. The van der Waals surface area contributed by atoms with Gasteiger partial charge in [-0.1, -0.05) is 0 Å². The number of hydrogen-bond acceptors (Lipinski definition) is 3. The van der Waals surface area contributed by atoms with E-state index in [1.165, 1.54) is 0 Å². The van der Waals surface area contributed by atoms with E-state index in [-0.39, 0.29) is 0 Å². The summed E-state index contributed by atoms with van der Waals surface area (Å²) < 4.78 is 23.3. The molecule has 0 radical (unpaired) electrons. The maximum absolute atomic E-state index is 10.5. The second-order valence-electron chi connectivity index (χ2n) is 3.11. The third kappa shape index (κ3) is 4.01. The van der Waals surface area contributed by atoms with E-state index in [9.17, 15) is 8.42 Å². The van der Waals surface area contributed by atoms with Crippen molar-refractivity contribution in [1.82, 2.24) is 10.0 Å². The van der Waals surface area contributed by atoms with Gasteiger partial charge in [-0.3, -0.25) is 0 Å². The van der Waals surface area contributed by atoms with Gasteiger partial charge in [0.15, 0.2) is 0 Å². The minimum Gasteiger partial charge on any atom is -0.316 e. The van der Waals surface area contributed by atoms with E-state index in [0.29, 0.717) is 12.5 Å². The molecule has 0 bridgehead atoms. The van der Waals surface area contributed by atoms with Gasteiger partial charge in [0.05, 0.1) is 0 Å². The summed E-state index contributed by atoms with van der Waals surface area (Å²) in [7, 11) is -3.50. The molecule has 72 valence electrons. The topological polar surface area (TPSA) is 84.2 Å². The van der Waals surface area contributed by atoms with Crippen molar-refractivity contribution in [2.24, 2.45) is 11.1 Å². The van der Waals surface area contributed by atoms with Crippen LogP contribution in [0.2, 0.25) is 0 Å². The highest BCUT2D eigenvalue weighted by Gasteiger charge is 2.14. The first kappa shape index (κ1) is 9.91. The molecule has 0 spiro atoms. The van der Waals surface area contributed by atoms with Crippen molar-refractivity contribution < 1.29 is 8.42 Å². The Morgan fingerprint density at radius 2 is 2.33 bits per heavy atom. The van der Waals surface area contributed by atoms with Crippen LogP contribution >= 0.6 is 0 Å². The van der Waals surface area contributed by atoms with Crippen LogP contribution in [0, 0.1) is 5.92 Å². The molecule has 5 nitrogen and oxygen atoms in total. The molecule has 12 heavy (non-hydrogen) atoms. The Morgan fingerprint density at radius 1 is 1.58 bits per heavy atom. The zero-order valence-electron chi connectivity index (χ0n) is 6.91. The standard InChI is InChI=1S/C6H15N3O2S/c7-12(10,11)9-5-6-2-1-3-8-4-6/h6,8-9H,1-5H2,(H2,7,10,11)/t6-/m0/s1. The quantitative estimate of drug-likeness (QED) is 0.525. The van der Waals surface area contributed by atoms with E-state index in [1.807, 2.05) is 0 Å². The molecular weight excluding hydrogens is 178 g/mol. The van der Waals surface area contributed by atoms with Gasteiger partial charge in [-0.05, 0) is 31.8 Å². The Balaban J connectivity index is 2.22. The number of nitrogens with one attached hydrogen (secondary N) is 2. The Labute approximate surface area is 72.9 Å². The zero-order chi connectivity index (χ0) is 9.03. The van der Waals surface area contributed by atoms with Gasteiger partial charge >= 0.3 is 0 Å². The first-order valence-electron chi connectivity index (χ1n) is 4.06. The predicted molar refractivity (Wildman–Crippen MR) is 46.7 cm³/mol. The molecule has 1 saturated heterocycles. The molecule has 1 fully saturated rings. The van der Waals surface area contributed by atoms with Crippen molar-refractivity contribution in [2.75, 3.05) is 19.6 Å². The van der Waals surface area contributed by atoms with Gasteiger partial charge in [-0.15, -0.1) is 0 Å². The van der Waals surface area contributed by atoms with Gasteiger partial charge in [-0.25, -0.2) is 9.86 Å².